The smallest absolute Gasteiger partial charge is 0.262 e. The molecule has 0 aliphatic heterocycles. The molecule has 2 aromatic carbocycles. The first-order valence-electron chi connectivity index (χ1n) is 9.26. The largest absolute Gasteiger partial charge is 0.326 e. The van der Waals surface area contributed by atoms with Crippen LogP contribution in [0.25, 0.3) is 10.9 Å². The van der Waals surface area contributed by atoms with Gasteiger partial charge in [-0.05, 0) is 50.2 Å². The summed E-state index contributed by atoms with van der Waals surface area (Å²) in [6, 6.07) is 11.7. The molecule has 3 rings (SSSR count). The summed E-state index contributed by atoms with van der Waals surface area (Å²) in [7, 11) is 0. The highest BCUT2D eigenvalue weighted by atomic mass is 35.5. The Bertz CT molecular complexity index is 1180. The summed E-state index contributed by atoms with van der Waals surface area (Å²) in [6.45, 7) is 5.20. The second-order valence-corrected chi connectivity index (χ2v) is 8.30. The predicted molar refractivity (Wildman–Crippen MR) is 121 cm³/mol. The van der Waals surface area contributed by atoms with Gasteiger partial charge in [0, 0.05) is 29.4 Å². The van der Waals surface area contributed by atoms with Gasteiger partial charge in [-0.1, -0.05) is 29.4 Å². The quantitative estimate of drug-likeness (QED) is 0.436. The summed E-state index contributed by atoms with van der Waals surface area (Å²) >= 11 is 7.22. The number of hydrogen-bond donors (Lipinski definition) is 2. The average Bonchev–Trinajstić information content (AvgIpc) is 2.65. The molecule has 1 aromatic heterocycles. The van der Waals surface area contributed by atoms with Crippen molar-refractivity contribution >= 4 is 57.5 Å². The Balaban J connectivity index is 1.79. The molecule has 0 unspecified atom stereocenters. The van der Waals surface area contributed by atoms with Gasteiger partial charge in [0.25, 0.3) is 5.56 Å². The number of nitrogens with zero attached hydrogens (tertiary/aromatic N) is 2. The highest BCUT2D eigenvalue weighted by molar-refractivity contribution is 7.99. The van der Waals surface area contributed by atoms with Crippen molar-refractivity contribution in [2.45, 2.75) is 32.0 Å². The van der Waals surface area contributed by atoms with E-state index in [9.17, 15) is 14.4 Å². The molecule has 0 atom stereocenters. The van der Waals surface area contributed by atoms with E-state index in [4.69, 9.17) is 11.6 Å². The summed E-state index contributed by atoms with van der Waals surface area (Å²) in [5.41, 5.74) is 1.48. The van der Waals surface area contributed by atoms with Gasteiger partial charge in [0.15, 0.2) is 5.16 Å². The topological polar surface area (TPSA) is 93.1 Å². The monoisotopic (exact) mass is 444 g/mol. The molecule has 156 valence electrons. The lowest BCUT2D eigenvalue weighted by Gasteiger charge is -2.16. The SMILES string of the molecule is CC(=O)Nc1cccc(NC(=O)CSc2nc3cc(Cl)ccc3c(=O)n2C(C)C)c1. The number of aromatic nitrogens is 2. The first-order valence-corrected chi connectivity index (χ1v) is 10.6. The first-order chi connectivity index (χ1) is 14.2. The zero-order valence-corrected chi connectivity index (χ0v) is 18.3. The van der Waals surface area contributed by atoms with E-state index in [-0.39, 0.29) is 29.2 Å². The van der Waals surface area contributed by atoms with Gasteiger partial charge >= 0.3 is 0 Å². The van der Waals surface area contributed by atoms with Gasteiger partial charge < -0.3 is 10.6 Å². The number of carbonyl (C=O) groups excluding carboxylic acids is 2. The number of hydrogen-bond acceptors (Lipinski definition) is 5. The zero-order chi connectivity index (χ0) is 21.8. The van der Waals surface area contributed by atoms with Crippen molar-refractivity contribution in [3.63, 3.8) is 0 Å². The summed E-state index contributed by atoms with van der Waals surface area (Å²) in [6.07, 6.45) is 0. The highest BCUT2D eigenvalue weighted by Crippen LogP contribution is 2.23. The molecular formula is C21H21ClN4O3S. The second kappa shape index (κ2) is 9.32. The molecule has 9 heteroatoms. The minimum atomic E-state index is -0.254. The van der Waals surface area contributed by atoms with Gasteiger partial charge in [-0.15, -0.1) is 0 Å². The summed E-state index contributed by atoms with van der Waals surface area (Å²) in [5.74, 6) is -0.380. The van der Waals surface area contributed by atoms with Gasteiger partial charge in [0.05, 0.1) is 16.7 Å². The Morgan fingerprint density at radius 3 is 2.50 bits per heavy atom. The van der Waals surface area contributed by atoms with E-state index in [1.807, 2.05) is 13.8 Å². The van der Waals surface area contributed by atoms with E-state index in [1.54, 1.807) is 47.0 Å². The fourth-order valence-electron chi connectivity index (χ4n) is 2.91. The van der Waals surface area contributed by atoms with Crippen LogP contribution in [0.15, 0.2) is 52.4 Å². The maximum absolute atomic E-state index is 12.9. The molecule has 0 saturated carbocycles. The van der Waals surface area contributed by atoms with Crippen LogP contribution >= 0.6 is 23.4 Å². The number of carbonyl (C=O) groups is 2. The molecule has 0 aliphatic rings. The number of amides is 2. The fourth-order valence-corrected chi connectivity index (χ4v) is 4.01. The summed E-state index contributed by atoms with van der Waals surface area (Å²) in [4.78, 5) is 41.1. The molecule has 2 amide bonds. The third-order valence-corrected chi connectivity index (χ3v) is 5.33. The summed E-state index contributed by atoms with van der Waals surface area (Å²) in [5, 5.41) is 6.88. The molecule has 7 nitrogen and oxygen atoms in total. The average molecular weight is 445 g/mol. The minimum Gasteiger partial charge on any atom is -0.326 e. The van der Waals surface area contributed by atoms with Crippen LogP contribution < -0.4 is 16.2 Å². The molecule has 0 radical (unpaired) electrons. The third kappa shape index (κ3) is 5.20. The molecule has 0 spiro atoms. The Kier molecular flexibility index (Phi) is 6.79. The van der Waals surface area contributed by atoms with Crippen molar-refractivity contribution in [3.05, 3.63) is 57.8 Å². The van der Waals surface area contributed by atoms with Crippen molar-refractivity contribution in [1.82, 2.24) is 9.55 Å². The Morgan fingerprint density at radius 1 is 1.13 bits per heavy atom. The van der Waals surface area contributed by atoms with E-state index in [0.29, 0.717) is 32.5 Å². The standard InChI is InChI=1S/C21H21ClN4O3S/c1-12(2)26-20(29)17-8-7-14(22)9-18(17)25-21(26)30-11-19(28)24-16-6-4-5-15(10-16)23-13(3)27/h4-10,12H,11H2,1-3H3,(H,23,27)(H,24,28). The lowest BCUT2D eigenvalue weighted by Crippen LogP contribution is -2.25. The first kappa shape index (κ1) is 21.9. The fraction of sp³-hybridized carbons (Fsp3) is 0.238. The Morgan fingerprint density at radius 2 is 1.83 bits per heavy atom. The van der Waals surface area contributed by atoms with E-state index in [0.717, 1.165) is 0 Å². The van der Waals surface area contributed by atoms with E-state index in [1.165, 1.54) is 18.7 Å². The second-order valence-electron chi connectivity index (χ2n) is 6.92. The highest BCUT2D eigenvalue weighted by Gasteiger charge is 2.16. The molecular weight excluding hydrogens is 424 g/mol. The van der Waals surface area contributed by atoms with E-state index in [2.05, 4.69) is 15.6 Å². The maximum atomic E-state index is 12.9. The van der Waals surface area contributed by atoms with Crippen molar-refractivity contribution in [3.8, 4) is 0 Å². The predicted octanol–water partition coefficient (Wildman–Crippen LogP) is 4.32. The number of halogens is 1. The van der Waals surface area contributed by atoms with Gasteiger partial charge in [0.2, 0.25) is 11.8 Å². The Labute approximate surface area is 182 Å². The molecule has 1 heterocycles. The minimum absolute atomic E-state index is 0.0651. The number of thioether (sulfide) groups is 1. The van der Waals surface area contributed by atoms with Crippen molar-refractivity contribution < 1.29 is 9.59 Å². The van der Waals surface area contributed by atoms with Gasteiger partial charge in [0.1, 0.15) is 0 Å². The van der Waals surface area contributed by atoms with Gasteiger partial charge in [-0.25, -0.2) is 4.98 Å². The van der Waals surface area contributed by atoms with Crippen LogP contribution in [0.1, 0.15) is 26.8 Å². The van der Waals surface area contributed by atoms with Crippen LogP contribution in [0.4, 0.5) is 11.4 Å². The molecule has 30 heavy (non-hydrogen) atoms. The zero-order valence-electron chi connectivity index (χ0n) is 16.7. The lowest BCUT2D eigenvalue weighted by molar-refractivity contribution is -0.114. The van der Waals surface area contributed by atoms with Gasteiger partial charge in [-0.2, -0.15) is 0 Å². The molecule has 2 N–H and O–H groups in total. The van der Waals surface area contributed by atoms with Crippen LogP contribution in [-0.2, 0) is 9.59 Å². The van der Waals surface area contributed by atoms with Crippen LogP contribution in [-0.4, -0.2) is 27.1 Å². The molecule has 0 fully saturated rings. The van der Waals surface area contributed by atoms with Gasteiger partial charge in [-0.3, -0.25) is 19.0 Å². The normalized spacial score (nSPS) is 11.0. The number of benzene rings is 2. The van der Waals surface area contributed by atoms with Crippen molar-refractivity contribution in [2.24, 2.45) is 0 Å². The van der Waals surface area contributed by atoms with Crippen LogP contribution in [0.3, 0.4) is 0 Å². The number of anilines is 2. The third-order valence-electron chi connectivity index (χ3n) is 4.15. The number of nitrogens with one attached hydrogen (secondary N) is 2. The Hall–Kier alpha value is -2.84. The van der Waals surface area contributed by atoms with E-state index >= 15 is 0 Å². The molecule has 0 aliphatic carbocycles. The number of fused-ring (bicyclic) bond motifs is 1. The molecule has 0 bridgehead atoms. The molecule has 0 saturated heterocycles. The maximum Gasteiger partial charge on any atom is 0.262 e. The van der Waals surface area contributed by atoms with Crippen LogP contribution in [0.2, 0.25) is 5.02 Å². The lowest BCUT2D eigenvalue weighted by atomic mass is 10.2. The van der Waals surface area contributed by atoms with Crippen LogP contribution in [0, 0.1) is 0 Å². The molecule has 3 aromatic rings. The van der Waals surface area contributed by atoms with Crippen LogP contribution in [0.5, 0.6) is 0 Å². The number of rotatable bonds is 6. The summed E-state index contributed by atoms with van der Waals surface area (Å²) < 4.78 is 1.57. The van der Waals surface area contributed by atoms with Crippen molar-refractivity contribution in [2.75, 3.05) is 16.4 Å². The van der Waals surface area contributed by atoms with E-state index < -0.39 is 0 Å². The van der Waals surface area contributed by atoms with Crippen molar-refractivity contribution in [1.29, 1.82) is 0 Å².